The molecule has 0 saturated heterocycles. The summed E-state index contributed by atoms with van der Waals surface area (Å²) in [6.07, 6.45) is 3.63. The first-order chi connectivity index (χ1) is 12.1. The Kier molecular flexibility index (Phi) is 3.69. The summed E-state index contributed by atoms with van der Waals surface area (Å²) < 4.78 is 1.39. The number of fused-ring (bicyclic) bond motifs is 1. The van der Waals surface area contributed by atoms with Gasteiger partial charge in [0.2, 0.25) is 0 Å². The van der Waals surface area contributed by atoms with Gasteiger partial charge in [0.1, 0.15) is 5.82 Å². The zero-order chi connectivity index (χ0) is 17.6. The molecule has 0 radical (unpaired) electrons. The molecule has 1 saturated carbocycles. The summed E-state index contributed by atoms with van der Waals surface area (Å²) >= 11 is 6.22. The Hall–Kier alpha value is -2.87. The lowest BCUT2D eigenvalue weighted by Gasteiger charge is -2.20. The highest BCUT2D eigenvalue weighted by atomic mass is 35.5. The number of hydrogen-bond donors (Lipinski definition) is 3. The number of benzene rings is 1. The molecule has 3 aromatic rings. The summed E-state index contributed by atoms with van der Waals surface area (Å²) in [5.41, 5.74) is 0.538. The van der Waals surface area contributed by atoms with Gasteiger partial charge in [-0.3, -0.25) is 14.5 Å². The minimum Gasteiger partial charge on any atom is -0.465 e. The van der Waals surface area contributed by atoms with Gasteiger partial charge in [0.25, 0.3) is 5.56 Å². The predicted octanol–water partition coefficient (Wildman–Crippen LogP) is 2.48. The van der Waals surface area contributed by atoms with Crippen molar-refractivity contribution in [3.8, 4) is 5.69 Å². The smallest absolute Gasteiger partial charge is 0.405 e. The van der Waals surface area contributed by atoms with Crippen LogP contribution >= 0.6 is 11.6 Å². The van der Waals surface area contributed by atoms with Crippen LogP contribution in [0.15, 0.2) is 35.4 Å². The van der Waals surface area contributed by atoms with Gasteiger partial charge < -0.3 is 10.4 Å². The molecule has 1 amide bonds. The van der Waals surface area contributed by atoms with E-state index < -0.39 is 12.1 Å². The number of aromatic amines is 1. The van der Waals surface area contributed by atoms with Crippen LogP contribution in [0.4, 0.5) is 4.79 Å². The summed E-state index contributed by atoms with van der Waals surface area (Å²) in [5, 5.41) is 19.0. The quantitative estimate of drug-likeness (QED) is 0.662. The first kappa shape index (κ1) is 15.6. The summed E-state index contributed by atoms with van der Waals surface area (Å²) in [6, 6.07) is 4.38. The van der Waals surface area contributed by atoms with Crippen molar-refractivity contribution in [2.24, 2.45) is 5.92 Å². The topological polar surface area (TPSA) is 113 Å². The second kappa shape index (κ2) is 5.89. The van der Waals surface area contributed by atoms with E-state index in [-0.39, 0.29) is 11.5 Å². The third-order valence-electron chi connectivity index (χ3n) is 4.27. The lowest BCUT2D eigenvalue weighted by atomic mass is 10.1. The summed E-state index contributed by atoms with van der Waals surface area (Å²) in [5.74, 6) is 0.415. The Morgan fingerprint density at radius 3 is 2.88 bits per heavy atom. The second-order valence-electron chi connectivity index (χ2n) is 5.97. The molecule has 8 nitrogen and oxygen atoms in total. The first-order valence-electron chi connectivity index (χ1n) is 7.76. The molecule has 3 N–H and O–H groups in total. The molecule has 1 atom stereocenters. The normalized spacial score (nSPS) is 15.2. The van der Waals surface area contributed by atoms with Gasteiger partial charge in [-0.1, -0.05) is 17.7 Å². The lowest BCUT2D eigenvalue weighted by molar-refractivity contribution is 0.187. The summed E-state index contributed by atoms with van der Waals surface area (Å²) in [6.45, 7) is 0. The number of carboxylic acid groups (broad SMARTS) is 1. The van der Waals surface area contributed by atoms with Gasteiger partial charge >= 0.3 is 6.09 Å². The Morgan fingerprint density at radius 2 is 2.24 bits per heavy atom. The highest BCUT2D eigenvalue weighted by Crippen LogP contribution is 2.41. The number of halogens is 1. The third kappa shape index (κ3) is 2.74. The van der Waals surface area contributed by atoms with Gasteiger partial charge in [0.15, 0.2) is 0 Å². The fraction of sp³-hybridized carbons (Fsp3) is 0.250. The van der Waals surface area contributed by atoms with E-state index in [1.807, 2.05) is 0 Å². The van der Waals surface area contributed by atoms with Crippen molar-refractivity contribution in [1.29, 1.82) is 0 Å². The Morgan fingerprint density at radius 1 is 1.44 bits per heavy atom. The van der Waals surface area contributed by atoms with Crippen LogP contribution in [0, 0.1) is 5.92 Å². The van der Waals surface area contributed by atoms with Crippen molar-refractivity contribution in [1.82, 2.24) is 25.1 Å². The molecule has 0 bridgehead atoms. The fourth-order valence-corrected chi connectivity index (χ4v) is 3.19. The van der Waals surface area contributed by atoms with Crippen molar-refractivity contribution >= 4 is 28.6 Å². The van der Waals surface area contributed by atoms with E-state index in [0.29, 0.717) is 27.4 Å². The van der Waals surface area contributed by atoms with E-state index in [2.05, 4.69) is 20.5 Å². The number of hydrogen-bond acceptors (Lipinski definition) is 4. The van der Waals surface area contributed by atoms with Gasteiger partial charge in [0.05, 0.1) is 33.9 Å². The van der Waals surface area contributed by atoms with E-state index in [0.717, 1.165) is 12.8 Å². The van der Waals surface area contributed by atoms with Crippen LogP contribution in [0.25, 0.3) is 16.6 Å². The first-order valence-corrected chi connectivity index (χ1v) is 8.14. The van der Waals surface area contributed by atoms with Crippen LogP contribution in [-0.2, 0) is 0 Å². The van der Waals surface area contributed by atoms with Gasteiger partial charge in [-0.15, -0.1) is 0 Å². The molecule has 1 fully saturated rings. The van der Waals surface area contributed by atoms with Crippen molar-refractivity contribution < 1.29 is 9.90 Å². The number of aromatic nitrogens is 4. The van der Waals surface area contributed by atoms with Crippen molar-refractivity contribution in [3.05, 3.63) is 51.8 Å². The zero-order valence-electron chi connectivity index (χ0n) is 12.9. The van der Waals surface area contributed by atoms with Gasteiger partial charge in [0, 0.05) is 6.20 Å². The molecule has 1 aliphatic rings. The van der Waals surface area contributed by atoms with E-state index in [1.165, 1.54) is 10.8 Å². The van der Waals surface area contributed by atoms with E-state index in [4.69, 9.17) is 11.6 Å². The average Bonchev–Trinajstić information content (AvgIpc) is 3.28. The number of para-hydroxylation sites is 1. The number of nitrogens with one attached hydrogen (secondary N) is 2. The van der Waals surface area contributed by atoms with Crippen LogP contribution in [0.3, 0.4) is 0 Å². The van der Waals surface area contributed by atoms with Crippen LogP contribution in [0.5, 0.6) is 0 Å². The number of H-pyrrole nitrogens is 1. The molecule has 2 heterocycles. The van der Waals surface area contributed by atoms with Crippen LogP contribution in [0.1, 0.15) is 24.7 Å². The molecular formula is C16H14ClN5O3. The van der Waals surface area contributed by atoms with Crippen LogP contribution in [-0.4, -0.2) is 30.9 Å². The molecule has 1 unspecified atom stereocenters. The Labute approximate surface area is 146 Å². The standard InChI is InChI=1S/C16H14ClN5O3/c17-11-3-1-2-10-13(11)20-14(12(8-4-5-8)21-16(24)25)22(15(10)23)9-6-18-19-7-9/h1-3,6-8,12,21H,4-5H2,(H,18,19)(H,24,25). The van der Waals surface area contributed by atoms with Crippen molar-refractivity contribution in [2.75, 3.05) is 0 Å². The van der Waals surface area contributed by atoms with Crippen molar-refractivity contribution in [3.63, 3.8) is 0 Å². The number of rotatable bonds is 4. The Balaban J connectivity index is 2.03. The molecular weight excluding hydrogens is 346 g/mol. The summed E-state index contributed by atoms with van der Waals surface area (Å²) in [7, 11) is 0. The maximum absolute atomic E-state index is 13.1. The molecule has 1 aliphatic carbocycles. The lowest BCUT2D eigenvalue weighted by Crippen LogP contribution is -2.35. The van der Waals surface area contributed by atoms with E-state index in [1.54, 1.807) is 24.4 Å². The summed E-state index contributed by atoms with van der Waals surface area (Å²) in [4.78, 5) is 28.9. The maximum Gasteiger partial charge on any atom is 0.405 e. The highest BCUT2D eigenvalue weighted by molar-refractivity contribution is 6.34. The van der Waals surface area contributed by atoms with Crippen molar-refractivity contribution in [2.45, 2.75) is 18.9 Å². The number of amides is 1. The van der Waals surface area contributed by atoms with Gasteiger partial charge in [-0.05, 0) is 30.9 Å². The molecule has 4 rings (SSSR count). The minimum atomic E-state index is -1.16. The Bertz CT molecular complexity index is 1010. The molecule has 0 aliphatic heterocycles. The molecule has 9 heteroatoms. The zero-order valence-corrected chi connectivity index (χ0v) is 13.7. The van der Waals surface area contributed by atoms with Gasteiger partial charge in [-0.2, -0.15) is 5.10 Å². The molecule has 2 aromatic heterocycles. The SMILES string of the molecule is O=C(O)NC(c1nc2c(Cl)cccc2c(=O)n1-c1cn[nH]c1)C1CC1. The largest absolute Gasteiger partial charge is 0.465 e. The molecule has 25 heavy (non-hydrogen) atoms. The minimum absolute atomic E-state index is 0.0982. The predicted molar refractivity (Wildman–Crippen MR) is 91.1 cm³/mol. The van der Waals surface area contributed by atoms with Crippen LogP contribution < -0.4 is 10.9 Å². The number of nitrogens with zero attached hydrogens (tertiary/aromatic N) is 3. The molecule has 1 aromatic carbocycles. The fourth-order valence-electron chi connectivity index (χ4n) is 2.97. The molecule has 0 spiro atoms. The third-order valence-corrected chi connectivity index (χ3v) is 4.57. The second-order valence-corrected chi connectivity index (χ2v) is 6.37. The van der Waals surface area contributed by atoms with E-state index in [9.17, 15) is 14.7 Å². The maximum atomic E-state index is 13.1. The number of carbonyl (C=O) groups is 1. The van der Waals surface area contributed by atoms with Gasteiger partial charge in [-0.25, -0.2) is 9.78 Å². The highest BCUT2D eigenvalue weighted by Gasteiger charge is 2.37. The van der Waals surface area contributed by atoms with Crippen LogP contribution in [0.2, 0.25) is 5.02 Å². The molecule has 128 valence electrons. The van der Waals surface area contributed by atoms with E-state index >= 15 is 0 Å². The monoisotopic (exact) mass is 359 g/mol. The average molecular weight is 360 g/mol.